The smallest absolute Gasteiger partial charge is 0.378 e. The molecule has 1 aliphatic heterocycles. The van der Waals surface area contributed by atoms with Gasteiger partial charge in [0, 0.05) is 65.8 Å². The van der Waals surface area contributed by atoms with Gasteiger partial charge in [0.05, 0.1) is 0 Å². The van der Waals surface area contributed by atoms with E-state index < -0.39 is 44.0 Å². The lowest BCUT2D eigenvalue weighted by Crippen LogP contribution is -2.72. The van der Waals surface area contributed by atoms with Gasteiger partial charge in [0.25, 0.3) is 0 Å². The van der Waals surface area contributed by atoms with Crippen LogP contribution in [0.1, 0.15) is 98.8 Å². The largest absolute Gasteiger partial charge is 0.485 e. The number of hydrogen-bond donors (Lipinski definition) is 0. The minimum absolute atomic E-state index is 0.606. The Kier molecular flexibility index (Phi) is 18.5. The maximum atomic E-state index is 7.07. The maximum absolute atomic E-state index is 7.07. The molecule has 0 spiro atoms. The van der Waals surface area contributed by atoms with Crippen molar-refractivity contribution in [3.63, 3.8) is 0 Å². The van der Waals surface area contributed by atoms with Gasteiger partial charge in [-0.05, 0) is 32.1 Å². The predicted octanol–water partition coefficient (Wildman–Crippen LogP) is 7.01. The second-order valence-corrected chi connectivity index (χ2v) is 25.9. The van der Waals surface area contributed by atoms with Crippen LogP contribution in [0, 0.1) is 0 Å². The number of hydrogen-bond acceptors (Lipinski definition) is 10. The van der Waals surface area contributed by atoms with Gasteiger partial charge >= 0.3 is 44.0 Å². The number of unbranched alkanes of at least 4 members (excludes halogenated alkanes) is 5. The lowest BCUT2D eigenvalue weighted by atomic mass is 10.4. The van der Waals surface area contributed by atoms with Gasteiger partial charge in [-0.15, -0.1) is 0 Å². The summed E-state index contributed by atoms with van der Waals surface area (Å²) in [4.78, 5) is 0. The fourth-order valence-corrected chi connectivity index (χ4v) is 29.2. The highest BCUT2D eigenvalue weighted by Crippen LogP contribution is 2.40. The third-order valence-corrected chi connectivity index (χ3v) is 27.7. The average Bonchev–Trinajstić information content (AvgIpc) is 2.98. The molecule has 0 saturated carbocycles. The minimum Gasteiger partial charge on any atom is -0.378 e. The Bertz CT molecular complexity index is 540. The Morgan fingerprint density at radius 1 is 0.325 bits per heavy atom. The maximum Gasteiger partial charge on any atom is 0.485 e. The molecule has 1 rings (SSSR count). The molecule has 0 radical (unpaired) electrons. The van der Waals surface area contributed by atoms with Crippen LogP contribution in [0.3, 0.4) is 0 Å². The Balaban J connectivity index is 4.03. The van der Waals surface area contributed by atoms with E-state index in [0.29, 0.717) is 30.2 Å². The Hall–Kier alpha value is 0.684. The second-order valence-electron chi connectivity index (χ2n) is 10.5. The van der Waals surface area contributed by atoms with E-state index >= 15 is 0 Å². The molecule has 10 nitrogen and oxygen atoms in total. The summed E-state index contributed by atoms with van der Waals surface area (Å²) in [6, 6.07) is 3.03. The van der Waals surface area contributed by atoms with Crippen molar-refractivity contribution in [3.05, 3.63) is 0 Å². The monoisotopic (exact) mass is 660 g/mol. The molecule has 1 saturated heterocycles. The topological polar surface area (TPSA) is 92.3 Å². The first-order chi connectivity index (χ1) is 19.1. The highest BCUT2D eigenvalue weighted by atomic mass is 28.6. The molecule has 240 valence electrons. The third kappa shape index (κ3) is 11.0. The molecule has 0 aromatic carbocycles. The van der Waals surface area contributed by atoms with Crippen molar-refractivity contribution < 1.29 is 42.7 Å². The molecule has 0 N–H and O–H groups in total. The van der Waals surface area contributed by atoms with Crippen molar-refractivity contribution in [1.29, 1.82) is 0 Å². The molecule has 0 bridgehead atoms. The van der Waals surface area contributed by atoms with Gasteiger partial charge in [0.1, 0.15) is 0 Å². The molecule has 0 atom stereocenters. The molecule has 0 aromatic rings. The predicted molar refractivity (Wildman–Crippen MR) is 168 cm³/mol. The highest BCUT2D eigenvalue weighted by molar-refractivity contribution is 6.89. The van der Waals surface area contributed by atoms with Crippen molar-refractivity contribution in [3.8, 4) is 0 Å². The van der Waals surface area contributed by atoms with Crippen molar-refractivity contribution >= 4 is 44.0 Å². The zero-order valence-electron chi connectivity index (χ0n) is 27.2. The molecule has 0 amide bonds. The Morgan fingerprint density at radius 2 is 0.475 bits per heavy atom. The zero-order chi connectivity index (χ0) is 30.2. The fourth-order valence-electron chi connectivity index (χ4n) is 4.69. The van der Waals surface area contributed by atoms with Gasteiger partial charge in [-0.25, -0.2) is 0 Å². The summed E-state index contributed by atoms with van der Waals surface area (Å²) in [6.45, 7) is 10.7. The molecule has 1 fully saturated rings. The van der Waals surface area contributed by atoms with Gasteiger partial charge in [-0.1, -0.05) is 66.7 Å². The van der Waals surface area contributed by atoms with E-state index in [9.17, 15) is 0 Å². The van der Waals surface area contributed by atoms with Crippen molar-refractivity contribution in [1.82, 2.24) is 0 Å². The van der Waals surface area contributed by atoms with Gasteiger partial charge in [-0.2, -0.15) is 0 Å². The molecular formula is C25H60O10Si5. The van der Waals surface area contributed by atoms with Crippen LogP contribution in [0.4, 0.5) is 0 Å². The number of rotatable bonds is 20. The van der Waals surface area contributed by atoms with Crippen LogP contribution >= 0.6 is 0 Å². The van der Waals surface area contributed by atoms with Gasteiger partial charge in [0.2, 0.25) is 0 Å². The molecule has 1 aliphatic rings. The molecular weight excluding hydrogens is 601 g/mol. The van der Waals surface area contributed by atoms with E-state index in [1.54, 1.807) is 35.5 Å². The van der Waals surface area contributed by atoms with Gasteiger partial charge in [0.15, 0.2) is 0 Å². The van der Waals surface area contributed by atoms with Crippen LogP contribution in [0.15, 0.2) is 0 Å². The van der Waals surface area contributed by atoms with E-state index in [1.165, 1.54) is 0 Å². The summed E-state index contributed by atoms with van der Waals surface area (Å²) in [5, 5.41) is 0. The van der Waals surface area contributed by atoms with E-state index in [1.807, 2.05) is 0 Å². The molecule has 0 aliphatic carbocycles. The van der Waals surface area contributed by atoms with Crippen LogP contribution in [0.5, 0.6) is 0 Å². The molecule has 15 heteroatoms. The third-order valence-electron chi connectivity index (χ3n) is 7.29. The molecule has 1 heterocycles. The lowest BCUT2D eigenvalue weighted by Gasteiger charge is -2.49. The van der Waals surface area contributed by atoms with E-state index in [-0.39, 0.29) is 0 Å². The SMILES string of the molecule is CCCC[Si]1(OC)O[Si](CCCC)(OC)O[Si](CCCC)(OC)O[Si](CCCC)(OC)O[Si](CCCC)(OC)O1. The quantitative estimate of drug-likeness (QED) is 0.127. The average molecular weight is 661 g/mol. The summed E-state index contributed by atoms with van der Waals surface area (Å²) in [6.07, 6.45) is 9.14. The first-order valence-corrected chi connectivity index (χ1v) is 25.1. The Morgan fingerprint density at radius 3 is 0.575 bits per heavy atom. The minimum atomic E-state index is -3.44. The summed E-state index contributed by atoms with van der Waals surface area (Å²) in [5.41, 5.74) is 0. The lowest BCUT2D eigenvalue weighted by molar-refractivity contribution is 0.0360. The van der Waals surface area contributed by atoms with Gasteiger partial charge in [-0.3, -0.25) is 0 Å². The van der Waals surface area contributed by atoms with Crippen LogP contribution in [-0.2, 0) is 42.7 Å². The molecule has 0 unspecified atom stereocenters. The normalized spacial score (nSPS) is 33.8. The van der Waals surface area contributed by atoms with Crippen LogP contribution in [-0.4, -0.2) is 79.6 Å². The summed E-state index contributed by atoms with van der Waals surface area (Å²) >= 11 is 0. The Labute approximate surface area is 250 Å². The van der Waals surface area contributed by atoms with E-state index in [0.717, 1.165) is 64.2 Å². The van der Waals surface area contributed by atoms with Crippen molar-refractivity contribution in [2.24, 2.45) is 0 Å². The van der Waals surface area contributed by atoms with E-state index in [2.05, 4.69) is 34.6 Å². The van der Waals surface area contributed by atoms with Crippen LogP contribution in [0.25, 0.3) is 0 Å². The highest BCUT2D eigenvalue weighted by Gasteiger charge is 2.67. The second kappa shape index (κ2) is 19.2. The molecule has 40 heavy (non-hydrogen) atoms. The summed E-state index contributed by atoms with van der Waals surface area (Å²) < 4.78 is 66.9. The van der Waals surface area contributed by atoms with Crippen molar-refractivity contribution in [2.45, 2.75) is 129 Å². The first-order valence-electron chi connectivity index (χ1n) is 15.4. The van der Waals surface area contributed by atoms with Gasteiger partial charge < -0.3 is 42.7 Å². The van der Waals surface area contributed by atoms with Crippen LogP contribution < -0.4 is 0 Å². The standard InChI is InChI=1S/C25H60O10Si5/c1-11-16-21-36(26-6)31-37(27-7,22-17-12-2)33-39(29-9,24-19-14-4)35-40(30-10,25-20-15-5)34-38(28-8,32-36)23-18-13-3/h11-25H2,1-10H3. The van der Waals surface area contributed by atoms with Crippen LogP contribution in [0.2, 0.25) is 30.2 Å². The fraction of sp³-hybridized carbons (Fsp3) is 1.00. The van der Waals surface area contributed by atoms with E-state index in [4.69, 9.17) is 42.7 Å². The molecule has 0 aromatic heterocycles. The summed E-state index contributed by atoms with van der Waals surface area (Å²) in [5.74, 6) is 0. The summed E-state index contributed by atoms with van der Waals surface area (Å²) in [7, 11) is -8.85. The zero-order valence-corrected chi connectivity index (χ0v) is 32.2. The van der Waals surface area contributed by atoms with Crippen molar-refractivity contribution in [2.75, 3.05) is 35.5 Å². The first kappa shape index (κ1) is 38.7.